The summed E-state index contributed by atoms with van der Waals surface area (Å²) in [7, 11) is 0. The first-order chi connectivity index (χ1) is 7.86. The molecule has 82 valence electrons. The first-order valence-electron chi connectivity index (χ1n) is 5.29. The summed E-state index contributed by atoms with van der Waals surface area (Å²) in [5.74, 6) is 0. The number of hydrogen-bond donors (Lipinski definition) is 2. The van der Waals surface area contributed by atoms with Crippen molar-refractivity contribution in [3.63, 3.8) is 0 Å². The summed E-state index contributed by atoms with van der Waals surface area (Å²) in [5.41, 5.74) is 4.49. The second-order valence-electron chi connectivity index (χ2n) is 3.85. The van der Waals surface area contributed by atoms with E-state index in [1.54, 1.807) is 11.3 Å². The van der Waals surface area contributed by atoms with Gasteiger partial charge in [-0.3, -0.25) is 0 Å². The summed E-state index contributed by atoms with van der Waals surface area (Å²) >= 11 is 1.58. The molecule has 0 saturated heterocycles. The van der Waals surface area contributed by atoms with Gasteiger partial charge >= 0.3 is 0 Å². The molecule has 0 amide bonds. The number of rotatable bonds is 2. The van der Waals surface area contributed by atoms with Gasteiger partial charge in [0.2, 0.25) is 0 Å². The number of nitrogens with zero attached hydrogens (tertiary/aromatic N) is 1. The molecule has 2 heterocycles. The quantitative estimate of drug-likeness (QED) is 0.835. The lowest BCUT2D eigenvalue weighted by Gasteiger charge is -2.01. The monoisotopic (exact) mass is 232 g/mol. The Bertz CT molecular complexity index is 521. The topological polar surface area (TPSA) is 45.1 Å². The number of nitrogens with one attached hydrogen (secondary N) is 1. The summed E-state index contributed by atoms with van der Waals surface area (Å²) < 4.78 is 0. The molecule has 1 aliphatic heterocycles. The lowest BCUT2D eigenvalue weighted by molar-refractivity contribution is 0.278. The number of anilines is 1. The van der Waals surface area contributed by atoms with Crippen LogP contribution in [0.25, 0.3) is 10.6 Å². The van der Waals surface area contributed by atoms with Crippen LogP contribution in [0, 0.1) is 0 Å². The maximum absolute atomic E-state index is 8.99. The van der Waals surface area contributed by atoms with Crippen LogP contribution in [0.5, 0.6) is 0 Å². The second-order valence-corrected chi connectivity index (χ2v) is 4.71. The van der Waals surface area contributed by atoms with Crippen LogP contribution in [0.3, 0.4) is 0 Å². The van der Waals surface area contributed by atoms with Crippen LogP contribution in [-0.2, 0) is 13.0 Å². The molecule has 0 radical (unpaired) electrons. The fourth-order valence-corrected chi connectivity index (χ4v) is 2.76. The molecule has 0 spiro atoms. The molecule has 4 heteroatoms. The van der Waals surface area contributed by atoms with E-state index in [2.05, 4.69) is 28.5 Å². The van der Waals surface area contributed by atoms with Crippen LogP contribution in [0.2, 0.25) is 0 Å². The van der Waals surface area contributed by atoms with Crippen molar-refractivity contribution >= 4 is 17.0 Å². The molecule has 0 fully saturated rings. The Hall–Kier alpha value is -1.39. The van der Waals surface area contributed by atoms with E-state index in [4.69, 9.17) is 5.11 Å². The van der Waals surface area contributed by atoms with Crippen LogP contribution >= 0.6 is 11.3 Å². The van der Waals surface area contributed by atoms with Crippen LogP contribution < -0.4 is 5.32 Å². The van der Waals surface area contributed by atoms with Gasteiger partial charge in [0, 0.05) is 23.2 Å². The van der Waals surface area contributed by atoms with Crippen LogP contribution in [0.4, 0.5) is 5.69 Å². The van der Waals surface area contributed by atoms with Gasteiger partial charge < -0.3 is 10.4 Å². The molecule has 0 saturated carbocycles. The van der Waals surface area contributed by atoms with Crippen LogP contribution in [0.15, 0.2) is 23.6 Å². The third kappa shape index (κ3) is 1.60. The van der Waals surface area contributed by atoms with Crippen molar-refractivity contribution in [2.24, 2.45) is 0 Å². The number of benzene rings is 1. The van der Waals surface area contributed by atoms with Gasteiger partial charge in [-0.2, -0.15) is 0 Å². The third-order valence-corrected chi connectivity index (χ3v) is 3.72. The Kier molecular flexibility index (Phi) is 2.38. The van der Waals surface area contributed by atoms with Gasteiger partial charge in [-0.05, 0) is 30.2 Å². The molecule has 0 atom stereocenters. The molecular weight excluding hydrogens is 220 g/mol. The van der Waals surface area contributed by atoms with Crippen molar-refractivity contribution in [1.82, 2.24) is 4.98 Å². The van der Waals surface area contributed by atoms with Crippen LogP contribution in [0.1, 0.15) is 11.3 Å². The van der Waals surface area contributed by atoms with Crippen molar-refractivity contribution in [2.75, 3.05) is 11.9 Å². The summed E-state index contributed by atoms with van der Waals surface area (Å²) in [6.07, 6.45) is 1.08. The molecule has 0 unspecified atom stereocenters. The zero-order chi connectivity index (χ0) is 11.0. The molecule has 2 aromatic rings. The smallest absolute Gasteiger partial charge is 0.123 e. The second kappa shape index (κ2) is 3.88. The summed E-state index contributed by atoms with van der Waals surface area (Å²) in [5, 5.41) is 15.2. The van der Waals surface area contributed by atoms with E-state index in [1.807, 2.05) is 5.38 Å². The molecule has 1 aliphatic rings. The number of aliphatic hydroxyl groups is 1. The van der Waals surface area contributed by atoms with Crippen molar-refractivity contribution in [2.45, 2.75) is 13.0 Å². The Labute approximate surface area is 97.8 Å². The predicted octanol–water partition coefficient (Wildman–Crippen LogP) is 2.27. The molecule has 1 aromatic heterocycles. The SMILES string of the molecule is OCc1csc(-c2ccc3c(c2)CCN3)n1. The lowest BCUT2D eigenvalue weighted by Crippen LogP contribution is -1.90. The standard InChI is InChI=1S/C12H12N2OS/c15-6-10-7-16-12(14-10)9-1-2-11-8(5-9)3-4-13-11/h1-2,5,7,13,15H,3-4,6H2. The van der Waals surface area contributed by atoms with Gasteiger partial charge in [0.25, 0.3) is 0 Å². The van der Waals surface area contributed by atoms with Gasteiger partial charge in [-0.25, -0.2) is 4.98 Å². The Balaban J connectivity index is 2.00. The van der Waals surface area contributed by atoms with Crippen molar-refractivity contribution in [3.05, 3.63) is 34.8 Å². The average molecular weight is 232 g/mol. The fourth-order valence-electron chi connectivity index (χ4n) is 1.95. The molecule has 2 N–H and O–H groups in total. The highest BCUT2D eigenvalue weighted by atomic mass is 32.1. The third-order valence-electron chi connectivity index (χ3n) is 2.78. The number of aromatic nitrogens is 1. The highest BCUT2D eigenvalue weighted by Crippen LogP contribution is 2.30. The average Bonchev–Trinajstić information content (AvgIpc) is 2.96. The summed E-state index contributed by atoms with van der Waals surface area (Å²) in [6.45, 7) is 1.04. The van der Waals surface area contributed by atoms with E-state index in [1.165, 1.54) is 11.3 Å². The number of hydrogen-bond acceptors (Lipinski definition) is 4. The van der Waals surface area contributed by atoms with Crippen molar-refractivity contribution in [1.29, 1.82) is 0 Å². The fraction of sp³-hybridized carbons (Fsp3) is 0.250. The first-order valence-corrected chi connectivity index (χ1v) is 6.17. The number of fused-ring (bicyclic) bond motifs is 1. The predicted molar refractivity (Wildman–Crippen MR) is 65.7 cm³/mol. The van der Waals surface area contributed by atoms with E-state index < -0.39 is 0 Å². The Morgan fingerprint density at radius 3 is 3.19 bits per heavy atom. The molecule has 3 rings (SSSR count). The molecule has 3 nitrogen and oxygen atoms in total. The highest BCUT2D eigenvalue weighted by molar-refractivity contribution is 7.13. The highest BCUT2D eigenvalue weighted by Gasteiger charge is 2.12. The largest absolute Gasteiger partial charge is 0.390 e. The van der Waals surface area contributed by atoms with Crippen molar-refractivity contribution in [3.8, 4) is 10.6 Å². The van der Waals surface area contributed by atoms with E-state index in [-0.39, 0.29) is 6.61 Å². The molecular formula is C12H12N2OS. The Morgan fingerprint density at radius 1 is 1.44 bits per heavy atom. The zero-order valence-corrected chi connectivity index (χ0v) is 9.55. The van der Waals surface area contributed by atoms with E-state index in [0.717, 1.165) is 29.2 Å². The van der Waals surface area contributed by atoms with Gasteiger partial charge in [-0.15, -0.1) is 11.3 Å². The molecule has 16 heavy (non-hydrogen) atoms. The van der Waals surface area contributed by atoms with Gasteiger partial charge in [0.1, 0.15) is 5.01 Å². The van der Waals surface area contributed by atoms with Gasteiger partial charge in [0.15, 0.2) is 0 Å². The maximum atomic E-state index is 8.99. The number of aliphatic hydroxyl groups excluding tert-OH is 1. The van der Waals surface area contributed by atoms with Crippen molar-refractivity contribution < 1.29 is 5.11 Å². The van der Waals surface area contributed by atoms with E-state index in [9.17, 15) is 0 Å². The van der Waals surface area contributed by atoms with Gasteiger partial charge in [0.05, 0.1) is 12.3 Å². The minimum Gasteiger partial charge on any atom is -0.390 e. The molecule has 0 aliphatic carbocycles. The minimum atomic E-state index is 0.0169. The summed E-state index contributed by atoms with van der Waals surface area (Å²) in [6, 6.07) is 6.38. The molecule has 1 aromatic carbocycles. The normalized spacial score (nSPS) is 13.6. The minimum absolute atomic E-state index is 0.0169. The zero-order valence-electron chi connectivity index (χ0n) is 8.73. The first kappa shape index (κ1) is 9.81. The summed E-state index contributed by atoms with van der Waals surface area (Å²) in [4.78, 5) is 4.37. The molecule has 0 bridgehead atoms. The van der Waals surface area contributed by atoms with E-state index >= 15 is 0 Å². The van der Waals surface area contributed by atoms with Gasteiger partial charge in [-0.1, -0.05) is 0 Å². The maximum Gasteiger partial charge on any atom is 0.123 e. The number of thiazole rings is 1. The Morgan fingerprint density at radius 2 is 2.38 bits per heavy atom. The lowest BCUT2D eigenvalue weighted by atomic mass is 10.1. The van der Waals surface area contributed by atoms with Crippen LogP contribution in [-0.4, -0.2) is 16.6 Å². The van der Waals surface area contributed by atoms with E-state index in [0.29, 0.717) is 0 Å².